The van der Waals surface area contributed by atoms with E-state index in [4.69, 9.17) is 18.9 Å². The van der Waals surface area contributed by atoms with Gasteiger partial charge in [0.2, 0.25) is 5.91 Å². The second-order valence-corrected chi connectivity index (χ2v) is 28.9. The van der Waals surface area contributed by atoms with Crippen LogP contribution in [0, 0.1) is 0 Å². The van der Waals surface area contributed by atoms with Crippen LogP contribution in [0.4, 0.5) is 0 Å². The third kappa shape index (κ3) is 47.4. The van der Waals surface area contributed by atoms with Gasteiger partial charge in [0, 0.05) is 6.42 Å². The van der Waals surface area contributed by atoms with Crippen molar-refractivity contribution in [2.24, 2.45) is 0 Å². The number of allylic oxidation sites excluding steroid dienone is 2. The van der Waals surface area contributed by atoms with Crippen LogP contribution in [0.5, 0.6) is 0 Å². The molecule has 2 aliphatic rings. The maximum absolute atomic E-state index is 13.4. The summed E-state index contributed by atoms with van der Waals surface area (Å²) in [6, 6.07) is -0.826. The number of carbonyl (C=O) groups excluding carboxylic acids is 1. The lowest BCUT2D eigenvalue weighted by Gasteiger charge is -2.46. The average Bonchev–Trinajstić information content (AvgIpc) is 0.854. The number of aliphatic hydroxyl groups excluding tert-OH is 8. The Kier molecular flexibility index (Phi) is 60.6. The normalized spacial score (nSPS) is 22.5. The van der Waals surface area contributed by atoms with E-state index in [1.165, 1.54) is 315 Å². The molecule has 12 atom stereocenters. The van der Waals surface area contributed by atoms with Crippen molar-refractivity contribution in [1.29, 1.82) is 0 Å². The minimum absolute atomic E-state index is 0.196. The lowest BCUT2D eigenvalue weighted by atomic mass is 9.97. The van der Waals surface area contributed by atoms with E-state index < -0.39 is 86.8 Å². The van der Waals surface area contributed by atoms with Gasteiger partial charge in [0.15, 0.2) is 12.6 Å². The van der Waals surface area contributed by atoms with Crippen LogP contribution in [0.2, 0.25) is 0 Å². The van der Waals surface area contributed by atoms with Crippen molar-refractivity contribution in [2.45, 2.75) is 466 Å². The van der Waals surface area contributed by atoms with Gasteiger partial charge in [0.05, 0.1) is 32.0 Å². The van der Waals surface area contributed by atoms with Gasteiger partial charge in [-0.1, -0.05) is 360 Å². The molecule has 12 unspecified atom stereocenters. The molecule has 0 saturated carbocycles. The van der Waals surface area contributed by atoms with E-state index in [1.54, 1.807) is 0 Å². The number of hydrogen-bond acceptors (Lipinski definition) is 13. The van der Waals surface area contributed by atoms with Crippen molar-refractivity contribution in [3.63, 3.8) is 0 Å². The lowest BCUT2D eigenvalue weighted by Crippen LogP contribution is -2.65. The van der Waals surface area contributed by atoms with Crippen LogP contribution >= 0.6 is 0 Å². The monoisotopic (exact) mass is 1320 g/mol. The predicted molar refractivity (Wildman–Crippen MR) is 383 cm³/mol. The van der Waals surface area contributed by atoms with Gasteiger partial charge in [0.25, 0.3) is 0 Å². The van der Waals surface area contributed by atoms with Crippen molar-refractivity contribution in [2.75, 3.05) is 19.8 Å². The smallest absolute Gasteiger partial charge is 0.220 e. The molecule has 14 heteroatoms. The summed E-state index contributed by atoms with van der Waals surface area (Å²) < 4.78 is 23.0. The minimum Gasteiger partial charge on any atom is -0.394 e. The molecule has 552 valence electrons. The number of carbonyl (C=O) groups is 1. The molecular formula is C79H153NO13. The molecule has 2 rings (SSSR count). The van der Waals surface area contributed by atoms with Gasteiger partial charge >= 0.3 is 0 Å². The van der Waals surface area contributed by atoms with Gasteiger partial charge < -0.3 is 65.1 Å². The number of ether oxygens (including phenoxy) is 4. The van der Waals surface area contributed by atoms with Gasteiger partial charge in [0.1, 0.15) is 48.8 Å². The quantitative estimate of drug-likeness (QED) is 0.0204. The van der Waals surface area contributed by atoms with E-state index in [-0.39, 0.29) is 12.5 Å². The highest BCUT2D eigenvalue weighted by Crippen LogP contribution is 2.30. The molecule has 2 aliphatic heterocycles. The summed E-state index contributed by atoms with van der Waals surface area (Å²) in [7, 11) is 0. The highest BCUT2D eigenvalue weighted by molar-refractivity contribution is 5.76. The Morgan fingerprint density at radius 1 is 0.376 bits per heavy atom. The highest BCUT2D eigenvalue weighted by atomic mass is 16.7. The first-order valence-electron chi connectivity index (χ1n) is 40.4. The molecule has 0 aromatic heterocycles. The number of amides is 1. The maximum Gasteiger partial charge on any atom is 0.220 e. The van der Waals surface area contributed by atoms with Gasteiger partial charge in [-0.25, -0.2) is 0 Å². The van der Waals surface area contributed by atoms with Crippen LogP contribution < -0.4 is 5.32 Å². The second-order valence-electron chi connectivity index (χ2n) is 28.9. The fraction of sp³-hybridized carbons (Fsp3) is 0.962. The Balaban J connectivity index is 1.58. The largest absolute Gasteiger partial charge is 0.394 e. The zero-order valence-electron chi connectivity index (χ0n) is 60.5. The SMILES string of the molecule is CCCCCCCCCC/C=C\CCCCCCCCCCCCCCCCCCCCCCCCCC(=O)NC(COC1OC(CO)C(OC2OC(CO)C(O)C(O)C2O)C(O)C1O)C(O)CCCCCCCCCCCCCCCCCCCCCCCCCC. The topological polar surface area (TPSA) is 228 Å². The third-order valence-electron chi connectivity index (χ3n) is 20.2. The fourth-order valence-electron chi connectivity index (χ4n) is 13.8. The van der Waals surface area contributed by atoms with Crippen LogP contribution in [0.1, 0.15) is 393 Å². The van der Waals surface area contributed by atoms with E-state index in [0.29, 0.717) is 12.8 Å². The molecule has 93 heavy (non-hydrogen) atoms. The van der Waals surface area contributed by atoms with Gasteiger partial charge in [-0.15, -0.1) is 0 Å². The molecule has 0 bridgehead atoms. The summed E-state index contributed by atoms with van der Waals surface area (Å²) in [4.78, 5) is 13.4. The third-order valence-corrected chi connectivity index (χ3v) is 20.2. The van der Waals surface area contributed by atoms with Crippen molar-refractivity contribution in [1.82, 2.24) is 5.32 Å². The molecule has 9 N–H and O–H groups in total. The van der Waals surface area contributed by atoms with E-state index >= 15 is 0 Å². The van der Waals surface area contributed by atoms with Gasteiger partial charge in [-0.05, 0) is 38.5 Å². The molecular weight excluding hydrogens is 1170 g/mol. The summed E-state index contributed by atoms with van der Waals surface area (Å²) in [5.74, 6) is -0.196. The van der Waals surface area contributed by atoms with Crippen LogP contribution in [0.25, 0.3) is 0 Å². The number of rotatable bonds is 69. The summed E-state index contributed by atoms with van der Waals surface area (Å²) in [6.45, 7) is 2.94. The Morgan fingerprint density at radius 3 is 1.02 bits per heavy atom. The molecule has 2 fully saturated rings. The molecule has 0 spiro atoms. The van der Waals surface area contributed by atoms with Crippen LogP contribution in [-0.4, -0.2) is 140 Å². The standard InChI is InChI=1S/C79H153NO13/c1-3-5-7-9-11-13-15-17-19-21-23-25-27-29-30-31-32-33-34-35-36-37-38-39-41-43-45-47-49-51-53-55-57-59-61-63-71(84)80-67(66-90-78-76(89)74(87)77(70(65-82)92-78)93-79-75(88)73(86)72(85)69(64-81)91-79)68(83)62-60-58-56-54-52-50-48-46-44-42-40-28-26-24-22-20-18-16-14-12-10-8-6-4-2/h21,23,67-70,72-79,81-83,85-89H,3-20,22,24-66H2,1-2H3,(H,80,84)/b23-21-. The zero-order chi connectivity index (χ0) is 67.3. The molecule has 1 amide bonds. The molecule has 2 heterocycles. The average molecular weight is 1330 g/mol. The first kappa shape index (κ1) is 87.8. The van der Waals surface area contributed by atoms with Gasteiger partial charge in [-0.3, -0.25) is 4.79 Å². The van der Waals surface area contributed by atoms with Crippen LogP contribution in [0.15, 0.2) is 12.2 Å². The second kappa shape index (κ2) is 64.1. The minimum atomic E-state index is -1.78. The van der Waals surface area contributed by atoms with Crippen molar-refractivity contribution in [3.05, 3.63) is 12.2 Å². The first-order valence-corrected chi connectivity index (χ1v) is 40.4. The van der Waals surface area contributed by atoms with Crippen molar-refractivity contribution < 1.29 is 64.6 Å². The summed E-state index contributed by atoms with van der Waals surface area (Å²) >= 11 is 0. The summed E-state index contributed by atoms with van der Waals surface area (Å²) in [6.07, 6.45) is 64.0. The fourth-order valence-corrected chi connectivity index (χ4v) is 13.8. The van der Waals surface area contributed by atoms with E-state index in [9.17, 15) is 45.6 Å². The number of aliphatic hydroxyl groups is 8. The molecule has 0 radical (unpaired) electrons. The van der Waals surface area contributed by atoms with E-state index in [0.717, 1.165) is 51.4 Å². The summed E-state index contributed by atoms with van der Waals surface area (Å²) in [5.41, 5.74) is 0. The summed E-state index contributed by atoms with van der Waals surface area (Å²) in [5, 5.41) is 87.8. The van der Waals surface area contributed by atoms with Crippen molar-refractivity contribution >= 4 is 5.91 Å². The first-order chi connectivity index (χ1) is 45.6. The zero-order valence-corrected chi connectivity index (χ0v) is 60.5. The number of unbranched alkanes of at least 4 members (excludes halogenated alkanes) is 54. The highest BCUT2D eigenvalue weighted by Gasteiger charge is 2.51. The molecule has 0 aromatic rings. The molecule has 0 aliphatic carbocycles. The number of nitrogens with one attached hydrogen (secondary N) is 1. The Morgan fingerprint density at radius 2 is 0.677 bits per heavy atom. The Bertz CT molecular complexity index is 1610. The predicted octanol–water partition coefficient (Wildman–Crippen LogP) is 18.1. The maximum atomic E-state index is 13.4. The lowest BCUT2D eigenvalue weighted by molar-refractivity contribution is -0.359. The molecule has 14 nitrogen and oxygen atoms in total. The Hall–Kier alpha value is -1.27. The molecule has 2 saturated heterocycles. The molecule has 0 aromatic carbocycles. The van der Waals surface area contributed by atoms with Gasteiger partial charge in [-0.2, -0.15) is 0 Å². The van der Waals surface area contributed by atoms with Crippen molar-refractivity contribution in [3.8, 4) is 0 Å². The van der Waals surface area contributed by atoms with E-state index in [2.05, 4.69) is 31.3 Å². The van der Waals surface area contributed by atoms with Crippen LogP contribution in [-0.2, 0) is 23.7 Å². The Labute approximate surface area is 571 Å². The van der Waals surface area contributed by atoms with E-state index in [1.807, 2.05) is 0 Å². The van der Waals surface area contributed by atoms with Crippen LogP contribution in [0.3, 0.4) is 0 Å². The number of hydrogen-bond donors (Lipinski definition) is 9.